The lowest BCUT2D eigenvalue weighted by Crippen LogP contribution is -2.30. The SMILES string of the molecule is Cc1nc2ccccc2c(=O)n1CC(=O)Nc1cc2c(cc1Sc1ccccc1)OCCO2. The van der Waals surface area contributed by atoms with Crippen molar-refractivity contribution in [3.63, 3.8) is 0 Å². The highest BCUT2D eigenvalue weighted by Gasteiger charge is 2.19. The predicted octanol–water partition coefficient (Wildman–Crippen LogP) is 4.27. The number of amides is 1. The fourth-order valence-corrected chi connectivity index (χ4v) is 4.60. The number of nitrogens with zero attached hydrogens (tertiary/aromatic N) is 2. The zero-order valence-electron chi connectivity index (χ0n) is 17.9. The number of para-hydroxylation sites is 1. The van der Waals surface area contributed by atoms with Crippen molar-refractivity contribution in [1.29, 1.82) is 0 Å². The van der Waals surface area contributed by atoms with E-state index < -0.39 is 0 Å². The summed E-state index contributed by atoms with van der Waals surface area (Å²) in [6, 6.07) is 20.6. The Labute approximate surface area is 194 Å². The molecule has 0 spiro atoms. The van der Waals surface area contributed by atoms with E-state index in [0.717, 1.165) is 9.79 Å². The molecule has 8 heteroatoms. The number of hydrogen-bond donors (Lipinski definition) is 1. The highest BCUT2D eigenvalue weighted by atomic mass is 32.2. The summed E-state index contributed by atoms with van der Waals surface area (Å²) >= 11 is 1.51. The quantitative estimate of drug-likeness (QED) is 0.480. The van der Waals surface area contributed by atoms with Gasteiger partial charge in [0.1, 0.15) is 25.6 Å². The highest BCUT2D eigenvalue weighted by Crippen LogP contribution is 2.42. The Balaban J connectivity index is 1.45. The van der Waals surface area contributed by atoms with Gasteiger partial charge in [-0.25, -0.2) is 4.98 Å². The molecule has 0 atom stereocenters. The van der Waals surface area contributed by atoms with Gasteiger partial charge >= 0.3 is 0 Å². The van der Waals surface area contributed by atoms with E-state index in [1.54, 1.807) is 31.2 Å². The molecular formula is C25H21N3O4S. The van der Waals surface area contributed by atoms with Crippen LogP contribution < -0.4 is 20.3 Å². The lowest BCUT2D eigenvalue weighted by molar-refractivity contribution is -0.116. The molecule has 0 radical (unpaired) electrons. The molecule has 0 saturated heterocycles. The topological polar surface area (TPSA) is 82.5 Å². The molecule has 2 heterocycles. The van der Waals surface area contributed by atoms with Gasteiger partial charge in [0, 0.05) is 21.9 Å². The molecule has 166 valence electrons. The van der Waals surface area contributed by atoms with Crippen LogP contribution >= 0.6 is 11.8 Å². The van der Waals surface area contributed by atoms with Crippen LogP contribution in [-0.4, -0.2) is 28.7 Å². The number of nitrogens with one attached hydrogen (secondary N) is 1. The second-order valence-electron chi connectivity index (χ2n) is 7.52. The van der Waals surface area contributed by atoms with Gasteiger partial charge in [0.15, 0.2) is 11.5 Å². The number of benzene rings is 3. The summed E-state index contributed by atoms with van der Waals surface area (Å²) in [5.41, 5.74) is 0.969. The molecule has 0 unspecified atom stereocenters. The molecule has 0 bridgehead atoms. The van der Waals surface area contributed by atoms with E-state index in [9.17, 15) is 9.59 Å². The van der Waals surface area contributed by atoms with Gasteiger partial charge in [-0.3, -0.25) is 14.2 Å². The number of aromatic nitrogens is 2. The van der Waals surface area contributed by atoms with Crippen LogP contribution in [-0.2, 0) is 11.3 Å². The van der Waals surface area contributed by atoms with Gasteiger partial charge in [0.05, 0.1) is 16.6 Å². The normalized spacial score (nSPS) is 12.5. The van der Waals surface area contributed by atoms with E-state index in [4.69, 9.17) is 9.47 Å². The highest BCUT2D eigenvalue weighted by molar-refractivity contribution is 7.99. The molecule has 1 aromatic heterocycles. The van der Waals surface area contributed by atoms with E-state index in [2.05, 4.69) is 10.3 Å². The molecular weight excluding hydrogens is 438 g/mol. The Hall–Kier alpha value is -3.78. The average Bonchev–Trinajstić information content (AvgIpc) is 2.83. The zero-order valence-corrected chi connectivity index (χ0v) is 18.7. The van der Waals surface area contributed by atoms with Gasteiger partial charge in [0.2, 0.25) is 5.91 Å². The first-order valence-corrected chi connectivity index (χ1v) is 11.3. The summed E-state index contributed by atoms with van der Waals surface area (Å²) in [5, 5.41) is 3.43. The van der Waals surface area contributed by atoms with Crippen molar-refractivity contribution in [2.24, 2.45) is 0 Å². The van der Waals surface area contributed by atoms with Crippen molar-refractivity contribution >= 4 is 34.3 Å². The van der Waals surface area contributed by atoms with Crippen molar-refractivity contribution < 1.29 is 14.3 Å². The largest absolute Gasteiger partial charge is 0.486 e. The Morgan fingerprint density at radius 3 is 2.52 bits per heavy atom. The number of aryl methyl sites for hydroxylation is 1. The third-order valence-electron chi connectivity index (χ3n) is 5.24. The standard InChI is InChI=1S/C25H21N3O4S/c1-16-26-19-10-6-5-9-18(19)25(30)28(16)15-24(29)27-20-13-21-22(32-12-11-31-21)14-23(20)33-17-7-3-2-4-8-17/h2-10,13-14H,11-12,15H2,1H3,(H,27,29). The molecule has 7 nitrogen and oxygen atoms in total. The molecule has 1 aliphatic rings. The lowest BCUT2D eigenvalue weighted by atomic mass is 10.2. The summed E-state index contributed by atoms with van der Waals surface area (Å²) in [7, 11) is 0. The maximum Gasteiger partial charge on any atom is 0.261 e. The molecule has 5 rings (SSSR count). The molecule has 0 aliphatic carbocycles. The number of carbonyl (C=O) groups is 1. The summed E-state index contributed by atoms with van der Waals surface area (Å²) in [5.74, 6) is 1.37. The summed E-state index contributed by atoms with van der Waals surface area (Å²) in [6.45, 7) is 2.50. The van der Waals surface area contributed by atoms with Gasteiger partial charge in [-0.15, -0.1) is 0 Å². The molecule has 1 aliphatic heterocycles. The molecule has 1 amide bonds. The van der Waals surface area contributed by atoms with Gasteiger partial charge < -0.3 is 14.8 Å². The number of fused-ring (bicyclic) bond motifs is 2. The van der Waals surface area contributed by atoms with Crippen molar-refractivity contribution in [2.45, 2.75) is 23.3 Å². The Bertz CT molecular complexity index is 1400. The minimum Gasteiger partial charge on any atom is -0.486 e. The van der Waals surface area contributed by atoms with Crippen LogP contribution in [0.15, 0.2) is 81.3 Å². The van der Waals surface area contributed by atoms with Crippen LogP contribution in [0.3, 0.4) is 0 Å². The average molecular weight is 460 g/mol. The minimum absolute atomic E-state index is 0.146. The van der Waals surface area contributed by atoms with E-state index in [1.165, 1.54) is 16.3 Å². The summed E-state index contributed by atoms with van der Waals surface area (Å²) in [4.78, 5) is 32.3. The number of hydrogen-bond acceptors (Lipinski definition) is 6. The number of rotatable bonds is 5. The Kier molecular flexibility index (Phi) is 5.75. The predicted molar refractivity (Wildman–Crippen MR) is 127 cm³/mol. The number of carbonyl (C=O) groups excluding carboxylic acids is 1. The number of anilines is 1. The molecule has 33 heavy (non-hydrogen) atoms. The van der Waals surface area contributed by atoms with Crippen LogP contribution in [0, 0.1) is 6.92 Å². The van der Waals surface area contributed by atoms with Crippen molar-refractivity contribution in [3.05, 3.63) is 82.9 Å². The second-order valence-corrected chi connectivity index (χ2v) is 8.64. The van der Waals surface area contributed by atoms with Gasteiger partial charge in [-0.1, -0.05) is 42.1 Å². The third kappa shape index (κ3) is 4.42. The second kappa shape index (κ2) is 8.99. The van der Waals surface area contributed by atoms with E-state index >= 15 is 0 Å². The van der Waals surface area contributed by atoms with Crippen LogP contribution in [0.5, 0.6) is 11.5 Å². The van der Waals surface area contributed by atoms with Crippen molar-refractivity contribution in [2.75, 3.05) is 18.5 Å². The summed E-state index contributed by atoms with van der Waals surface area (Å²) < 4.78 is 12.8. The van der Waals surface area contributed by atoms with Gasteiger partial charge in [0.25, 0.3) is 5.56 Å². The van der Waals surface area contributed by atoms with Crippen LogP contribution in [0.4, 0.5) is 5.69 Å². The Morgan fingerprint density at radius 1 is 1.03 bits per heavy atom. The first kappa shape index (κ1) is 21.1. The van der Waals surface area contributed by atoms with Crippen LogP contribution in [0.25, 0.3) is 10.9 Å². The first-order chi connectivity index (χ1) is 16.1. The maximum atomic E-state index is 13.0. The smallest absolute Gasteiger partial charge is 0.261 e. The number of ether oxygens (including phenoxy) is 2. The zero-order chi connectivity index (χ0) is 22.8. The molecule has 3 aromatic carbocycles. The molecule has 0 saturated carbocycles. The fraction of sp³-hybridized carbons (Fsp3) is 0.160. The maximum absolute atomic E-state index is 13.0. The van der Waals surface area contributed by atoms with Crippen molar-refractivity contribution in [3.8, 4) is 11.5 Å². The molecule has 0 fully saturated rings. The fourth-order valence-electron chi connectivity index (χ4n) is 3.67. The lowest BCUT2D eigenvalue weighted by Gasteiger charge is -2.21. The summed E-state index contributed by atoms with van der Waals surface area (Å²) in [6.07, 6.45) is 0. The van der Waals surface area contributed by atoms with Gasteiger partial charge in [-0.05, 0) is 31.2 Å². The van der Waals surface area contributed by atoms with Gasteiger partial charge in [-0.2, -0.15) is 0 Å². The minimum atomic E-state index is -0.330. The van der Waals surface area contributed by atoms with E-state index in [1.807, 2.05) is 42.5 Å². The third-order valence-corrected chi connectivity index (χ3v) is 6.31. The van der Waals surface area contributed by atoms with E-state index in [-0.39, 0.29) is 18.0 Å². The van der Waals surface area contributed by atoms with E-state index in [0.29, 0.717) is 47.1 Å². The first-order valence-electron chi connectivity index (χ1n) is 10.5. The molecule has 1 N–H and O–H groups in total. The molecule has 4 aromatic rings. The van der Waals surface area contributed by atoms with Crippen LogP contribution in [0.2, 0.25) is 0 Å². The van der Waals surface area contributed by atoms with Crippen molar-refractivity contribution in [1.82, 2.24) is 9.55 Å². The monoisotopic (exact) mass is 459 g/mol. The van der Waals surface area contributed by atoms with Crippen LogP contribution in [0.1, 0.15) is 5.82 Å². The Morgan fingerprint density at radius 2 is 1.73 bits per heavy atom.